The van der Waals surface area contributed by atoms with E-state index in [-0.39, 0.29) is 105 Å². The molecule has 0 saturated carbocycles. The molecule has 25 nitrogen and oxygen atoms in total. The van der Waals surface area contributed by atoms with Crippen LogP contribution < -0.4 is 53.2 Å². The van der Waals surface area contributed by atoms with Gasteiger partial charge in [0.05, 0.1) is 74.2 Å². The molecule has 9 rings (SSSR count). The minimum absolute atomic E-state index is 0. The Labute approximate surface area is 515 Å². The number of aromatic nitrogens is 8. The predicted molar refractivity (Wildman–Crippen MR) is 300 cm³/mol. The molecule has 3 aromatic heterocycles. The zero-order chi connectivity index (χ0) is 57.5. The van der Waals surface area contributed by atoms with E-state index in [0.29, 0.717) is 45.9 Å². The summed E-state index contributed by atoms with van der Waals surface area (Å²) in [6.45, 7) is 2.90. The van der Waals surface area contributed by atoms with Crippen molar-refractivity contribution in [2.45, 2.75) is 26.4 Å². The predicted octanol–water partition coefficient (Wildman–Crippen LogP) is -2.97. The fraction of sp³-hybridized carbons (Fsp3) is 0.312. The van der Waals surface area contributed by atoms with E-state index in [4.69, 9.17) is 55.2 Å². The van der Waals surface area contributed by atoms with Gasteiger partial charge in [0.2, 0.25) is 0 Å². The van der Waals surface area contributed by atoms with Gasteiger partial charge in [-0.1, -0.05) is 97.1 Å². The molecule has 5 heterocycles. The number of nitrogens with one attached hydrogen (secondary N) is 1. The van der Waals surface area contributed by atoms with E-state index < -0.39 is 84.8 Å². The van der Waals surface area contributed by atoms with Crippen molar-refractivity contribution in [2.24, 2.45) is 0 Å². The third-order valence-electron chi connectivity index (χ3n) is 10.1. The van der Waals surface area contributed by atoms with Crippen LogP contribution in [-0.2, 0) is 71.1 Å². The molecule has 4 aromatic carbocycles. The Morgan fingerprint density at radius 3 is 1.18 bits per heavy atom. The van der Waals surface area contributed by atoms with Gasteiger partial charge in [0, 0.05) is 76.3 Å². The van der Waals surface area contributed by atoms with Crippen LogP contribution in [0, 0.1) is 7.43 Å². The summed E-state index contributed by atoms with van der Waals surface area (Å²) in [7, 11) is -17.9. The Morgan fingerprint density at radius 1 is 0.573 bits per heavy atom. The number of nitrogens with zero attached hydrogens (tertiary/aromatic N) is 8. The van der Waals surface area contributed by atoms with Gasteiger partial charge in [0.25, 0.3) is 10.1 Å². The molecule has 82 heavy (non-hydrogen) atoms. The second kappa shape index (κ2) is 34.1. The van der Waals surface area contributed by atoms with E-state index in [0.717, 1.165) is 56.3 Å². The molecule has 439 valence electrons. The van der Waals surface area contributed by atoms with Crippen molar-refractivity contribution in [3.8, 4) is 45.6 Å². The largest absolute Gasteiger partial charge is 2.00 e. The number of hydrogen-bond acceptors (Lipinski definition) is 24. The van der Waals surface area contributed by atoms with Crippen LogP contribution in [0.4, 0.5) is 0 Å². The van der Waals surface area contributed by atoms with E-state index in [1.54, 1.807) is 6.92 Å². The molecule has 0 aliphatic carbocycles. The summed E-state index contributed by atoms with van der Waals surface area (Å²) >= 11 is -0.000556. The van der Waals surface area contributed by atoms with Crippen molar-refractivity contribution in [1.29, 1.82) is 0 Å². The molecule has 0 amide bonds. The van der Waals surface area contributed by atoms with Crippen molar-refractivity contribution >= 4 is 106 Å². The maximum absolute atomic E-state index is 11.0. The van der Waals surface area contributed by atoms with Crippen LogP contribution in [-0.4, -0.2) is 169 Å². The molecule has 7 aromatic rings. The van der Waals surface area contributed by atoms with Gasteiger partial charge in [-0.3, -0.25) is 0 Å². The zero-order valence-corrected chi connectivity index (χ0v) is 51.2. The summed E-state index contributed by atoms with van der Waals surface area (Å²) in [6.07, 6.45) is 1.05. The Hall–Kier alpha value is -4.23. The number of hydrogen-bond donors (Lipinski definition) is 4. The van der Waals surface area contributed by atoms with E-state index in [9.17, 15) is 51.2 Å². The number of fused-ring (bicyclic) bond motifs is 20. The minimum atomic E-state index is -4.26. The smallest absolute Gasteiger partial charge is 0.798 e. The maximum Gasteiger partial charge on any atom is 2.00 e. The van der Waals surface area contributed by atoms with E-state index in [2.05, 4.69) is 4.28 Å². The Bertz CT molecular complexity index is 3630. The molecule has 2 aliphatic heterocycles. The maximum atomic E-state index is 11.0. The van der Waals surface area contributed by atoms with Gasteiger partial charge in [-0.05, 0) is 41.8 Å². The number of sulfone groups is 3. The number of aliphatic hydroxyl groups excluding tert-OH is 3. The van der Waals surface area contributed by atoms with Crippen LogP contribution in [0.2, 0.25) is 0 Å². The molecule has 0 spiro atoms. The van der Waals surface area contributed by atoms with E-state index >= 15 is 0 Å². The molecule has 1 radical (unpaired) electrons. The van der Waals surface area contributed by atoms with Crippen LogP contribution in [0.5, 0.6) is 0 Å². The number of benzene rings is 4. The number of hydroxylamine groups is 1. The topological polar surface area (TPSA) is 404 Å². The van der Waals surface area contributed by atoms with Gasteiger partial charge in [0.15, 0.2) is 9.84 Å². The van der Waals surface area contributed by atoms with Crippen molar-refractivity contribution in [2.75, 3.05) is 66.1 Å². The van der Waals surface area contributed by atoms with Crippen molar-refractivity contribution < 1.29 is 126 Å². The third kappa shape index (κ3) is 23.7. The second-order valence-electron chi connectivity index (χ2n) is 16.8. The summed E-state index contributed by atoms with van der Waals surface area (Å²) in [5.41, 5.74) is 7.81. The fourth-order valence-electron chi connectivity index (χ4n) is 6.77. The first kappa shape index (κ1) is 75.8. The van der Waals surface area contributed by atoms with E-state index in [1.165, 1.54) is 6.92 Å². The van der Waals surface area contributed by atoms with Crippen LogP contribution in [0.25, 0.3) is 89.7 Å². The van der Waals surface area contributed by atoms with E-state index in [1.807, 2.05) is 103 Å². The molecular formula is C48H56CuLi2N9O16S6-. The van der Waals surface area contributed by atoms with Crippen molar-refractivity contribution in [3.05, 3.63) is 104 Å². The van der Waals surface area contributed by atoms with Crippen LogP contribution in [0.1, 0.15) is 20.3 Å². The SMILES string of the molecule is CC(O)CNOS(=O)(=O)CCS(C)(=O)=O.CCO.CS(=O)(=O)CCCS(=O)(=O)[O-].O=S(=O)(CCO)CS[O-].[CH3-].[Cu+2].[Li+].[Li+].c1ccc2c(c1)-c1nc-2nc2[n-]c(nc3nc(nc4[n-]c(n1)c1ccccc41)-c1ccccc1-3)c1ccccc21. The van der Waals surface area contributed by atoms with Crippen molar-refractivity contribution in [1.82, 2.24) is 45.4 Å². The zero-order valence-electron chi connectivity index (χ0n) is 45.4. The standard InChI is InChI=1S/C32H16N8.C6H15NO6S2.C4H10O5S2.C3H8O4S2.C2H6O.CH3.Cu.2Li/c1-2-10-18-17(9-1)25-33-26(18)38-28-21-13-5-6-14-22(21)30(35-28)40-32-24-16-8-7-15-23(24)31(36-32)39-29-20-12-4-3-11-19(20)27(34-29)37-25;1-6(8)5-7-13-15(11,12)4-3-14(2,9)10;1-10(5,6)3-2-4-11(7,8)9;4-1-2-9(6,7)3-8-5;1-2-3;;;;/h1-16H;6-8H,3-5H2,1-2H3;2-4H2,1H3,(H,7,8,9);4-5H,1-3H2;3H,2H2,1H3;1H3;;;/q-2;;;;;-1;+2;2*+1/p-2. The average molecular weight is 1280 g/mol. The summed E-state index contributed by atoms with van der Waals surface area (Å²) < 4.78 is 129. The molecular weight excluding hydrogens is 1230 g/mol. The molecule has 0 fully saturated rings. The van der Waals surface area contributed by atoms with Crippen LogP contribution >= 0.6 is 12.0 Å². The molecule has 34 heteroatoms. The van der Waals surface area contributed by atoms with Gasteiger partial charge < -0.3 is 61.8 Å². The van der Waals surface area contributed by atoms with Gasteiger partial charge in [0.1, 0.15) is 19.7 Å². The van der Waals surface area contributed by atoms with Crippen molar-refractivity contribution in [3.63, 3.8) is 0 Å². The molecule has 1 atom stereocenters. The first-order valence-corrected chi connectivity index (χ1v) is 33.0. The summed E-state index contributed by atoms with van der Waals surface area (Å²) in [4.78, 5) is 39.3. The Kier molecular flexibility index (Phi) is 31.5. The summed E-state index contributed by atoms with van der Waals surface area (Å²) in [5, 5.41) is 27.6. The Balaban J connectivity index is 0.000000667. The quantitative estimate of drug-likeness (QED) is 0.0262. The van der Waals surface area contributed by atoms with Gasteiger partial charge in [-0.2, -0.15) is 18.2 Å². The number of rotatable bonds is 15. The minimum Gasteiger partial charge on any atom is -0.798 e. The average Bonchev–Trinajstić information content (AvgIpc) is 4.33. The monoisotopic (exact) mass is 1280 g/mol. The Morgan fingerprint density at radius 2 is 0.902 bits per heavy atom. The molecule has 0 saturated heterocycles. The van der Waals surface area contributed by atoms with Gasteiger partial charge >= 0.3 is 54.8 Å². The normalized spacial score (nSPS) is 11.9. The first-order chi connectivity index (χ1) is 36.7. The number of aliphatic hydroxyl groups is 3. The molecule has 4 N–H and O–H groups in total. The van der Waals surface area contributed by atoms with Gasteiger partial charge in [-0.15, -0.1) is 0 Å². The summed E-state index contributed by atoms with van der Waals surface area (Å²) in [6, 6.07) is 31.8. The summed E-state index contributed by atoms with van der Waals surface area (Å²) in [5.74, 6) is -0.0824. The second-order valence-corrected chi connectivity index (χ2v) is 27.6. The van der Waals surface area contributed by atoms with Gasteiger partial charge in [-0.25, -0.2) is 55.7 Å². The first-order valence-electron chi connectivity index (χ1n) is 23.0. The van der Waals surface area contributed by atoms with Crippen LogP contribution in [0.15, 0.2) is 97.1 Å². The third-order valence-corrected chi connectivity index (χ3v) is 16.9. The van der Waals surface area contributed by atoms with Crippen LogP contribution in [0.3, 0.4) is 0 Å². The molecule has 2 aliphatic rings. The molecule has 8 bridgehead atoms. The molecule has 1 unspecified atom stereocenters. The fourth-order valence-corrected chi connectivity index (χ4v) is 11.8.